The number of rotatable bonds is 11. The minimum atomic E-state index is -4.43. The average Bonchev–Trinajstić information content (AvgIpc) is 3.71. The van der Waals surface area contributed by atoms with E-state index >= 15 is 0 Å². The van der Waals surface area contributed by atoms with E-state index in [1.165, 1.54) is 24.0 Å². The van der Waals surface area contributed by atoms with E-state index in [1.807, 2.05) is 0 Å². The number of imidazole rings is 1. The van der Waals surface area contributed by atoms with E-state index in [-0.39, 0.29) is 44.1 Å². The molecule has 2 amide bonds. The van der Waals surface area contributed by atoms with E-state index in [4.69, 9.17) is 9.72 Å². The van der Waals surface area contributed by atoms with E-state index in [2.05, 4.69) is 20.7 Å². The molecular weight excluding hydrogens is 575 g/mol. The molecule has 0 aromatic carbocycles. The monoisotopic (exact) mass is 608 g/mol. The fourth-order valence-corrected chi connectivity index (χ4v) is 5.54. The number of ether oxygens (including phenoxy) is 1. The first kappa shape index (κ1) is 30.8. The summed E-state index contributed by atoms with van der Waals surface area (Å²) >= 11 is 0. The lowest BCUT2D eigenvalue weighted by Gasteiger charge is -2.33. The molecule has 2 atom stereocenters. The van der Waals surface area contributed by atoms with E-state index in [0.29, 0.717) is 28.0 Å². The molecular formula is C29H33F5N6O3. The van der Waals surface area contributed by atoms with Crippen LogP contribution in [0.3, 0.4) is 0 Å². The van der Waals surface area contributed by atoms with E-state index < -0.39 is 48.8 Å². The predicted octanol–water partition coefficient (Wildman–Crippen LogP) is 5.48. The Labute approximate surface area is 244 Å². The molecule has 2 aliphatic rings. The summed E-state index contributed by atoms with van der Waals surface area (Å²) < 4.78 is 72.5. The van der Waals surface area contributed by atoms with Crippen molar-refractivity contribution in [3.8, 4) is 0 Å². The number of halogens is 5. The first-order valence-electron chi connectivity index (χ1n) is 14.2. The fraction of sp³-hybridized carbons (Fsp3) is 0.552. The van der Waals surface area contributed by atoms with Crippen molar-refractivity contribution in [1.82, 2.24) is 30.2 Å². The van der Waals surface area contributed by atoms with Gasteiger partial charge in [-0.3, -0.25) is 14.6 Å². The van der Waals surface area contributed by atoms with Gasteiger partial charge in [0, 0.05) is 38.8 Å². The van der Waals surface area contributed by atoms with Gasteiger partial charge in [-0.25, -0.2) is 18.3 Å². The maximum atomic E-state index is 14.0. The molecule has 2 fully saturated rings. The Hall–Kier alpha value is -3.68. The number of pyridine rings is 1. The van der Waals surface area contributed by atoms with Crippen LogP contribution in [0.15, 0.2) is 36.9 Å². The number of hydrogen-bond donors (Lipinski definition) is 2. The van der Waals surface area contributed by atoms with Crippen LogP contribution in [0, 0.1) is 11.8 Å². The van der Waals surface area contributed by atoms with Crippen molar-refractivity contribution in [3.63, 3.8) is 0 Å². The number of methoxy groups -OCH3 is 1. The Morgan fingerprint density at radius 1 is 1.05 bits per heavy atom. The predicted molar refractivity (Wildman–Crippen MR) is 144 cm³/mol. The molecule has 0 saturated heterocycles. The normalized spacial score (nSPS) is 18.7. The summed E-state index contributed by atoms with van der Waals surface area (Å²) in [6.45, 7) is 0.264. The van der Waals surface area contributed by atoms with Crippen molar-refractivity contribution in [2.45, 2.75) is 82.2 Å². The number of carbonyl (C=O) groups excluding carboxylic acids is 2. The van der Waals surface area contributed by atoms with Crippen molar-refractivity contribution in [3.05, 3.63) is 59.3 Å². The van der Waals surface area contributed by atoms with E-state index in [0.717, 1.165) is 12.8 Å². The molecule has 14 heteroatoms. The van der Waals surface area contributed by atoms with Crippen LogP contribution in [0.5, 0.6) is 0 Å². The van der Waals surface area contributed by atoms with Crippen molar-refractivity contribution in [2.75, 3.05) is 7.11 Å². The maximum Gasteiger partial charge on any atom is 0.389 e. The van der Waals surface area contributed by atoms with Crippen molar-refractivity contribution >= 4 is 17.5 Å². The minimum Gasteiger partial charge on any atom is -0.380 e. The van der Waals surface area contributed by atoms with Crippen LogP contribution in [-0.4, -0.2) is 50.6 Å². The third kappa shape index (κ3) is 8.03. The first-order chi connectivity index (χ1) is 20.4. The summed E-state index contributed by atoms with van der Waals surface area (Å²) in [4.78, 5) is 34.4. The zero-order valence-corrected chi connectivity index (χ0v) is 23.5. The second kappa shape index (κ2) is 12.5. The minimum absolute atomic E-state index is 0.0759. The van der Waals surface area contributed by atoms with Crippen LogP contribution in [-0.2, 0) is 16.1 Å². The van der Waals surface area contributed by atoms with Gasteiger partial charge < -0.3 is 15.4 Å². The molecule has 2 aliphatic carbocycles. The number of carbonyl (C=O) groups is 2. The molecule has 0 spiro atoms. The number of alkyl halides is 5. The van der Waals surface area contributed by atoms with Crippen LogP contribution >= 0.6 is 0 Å². The standard InChI is InChI=1S/C29H33F5N6O3/c1-43-16-17-10-21(13-35-12-17)27(42)39-26(19-4-7-28(30,31)8-5-19)22-15-40-23(37-22)11-20(14-36-40)25(18-2-3-18)38-24(41)6-9-29(32,33)34/h10-15,18-19,25-26H,2-9,16H2,1H3,(H,38,41)(H,39,42)/t25-,26+/m1/s1. The summed E-state index contributed by atoms with van der Waals surface area (Å²) in [6.07, 6.45) is 1.25. The van der Waals surface area contributed by atoms with Crippen LogP contribution in [0.1, 0.15) is 90.6 Å². The molecule has 3 heterocycles. The lowest BCUT2D eigenvalue weighted by molar-refractivity contribution is -0.144. The topological polar surface area (TPSA) is 111 Å². The summed E-state index contributed by atoms with van der Waals surface area (Å²) in [7, 11) is 1.53. The zero-order chi connectivity index (χ0) is 30.8. The van der Waals surface area contributed by atoms with Gasteiger partial charge in [-0.2, -0.15) is 18.3 Å². The Morgan fingerprint density at radius 3 is 2.44 bits per heavy atom. The summed E-state index contributed by atoms with van der Waals surface area (Å²) in [5.74, 6) is -4.13. The van der Waals surface area contributed by atoms with Gasteiger partial charge in [-0.1, -0.05) is 0 Å². The van der Waals surface area contributed by atoms with Gasteiger partial charge in [-0.15, -0.1) is 0 Å². The fourth-order valence-electron chi connectivity index (χ4n) is 5.54. The summed E-state index contributed by atoms with van der Waals surface area (Å²) in [5, 5.41) is 10.1. The average molecular weight is 609 g/mol. The lowest BCUT2D eigenvalue weighted by Crippen LogP contribution is -2.37. The van der Waals surface area contributed by atoms with Gasteiger partial charge in [0.15, 0.2) is 5.65 Å². The Kier molecular flexibility index (Phi) is 8.95. The third-order valence-corrected chi connectivity index (χ3v) is 7.97. The second-order valence-corrected chi connectivity index (χ2v) is 11.4. The SMILES string of the molecule is COCc1cncc(C(=O)N[C@H](c2cn3ncc([C@H](NC(=O)CCC(F)(F)F)C4CC4)cc3n2)C2CCC(F)(F)CC2)c1. The molecule has 0 unspecified atom stereocenters. The van der Waals surface area contributed by atoms with Crippen molar-refractivity contribution in [1.29, 1.82) is 0 Å². The van der Waals surface area contributed by atoms with Gasteiger partial charge in [-0.05, 0) is 60.8 Å². The lowest BCUT2D eigenvalue weighted by atomic mass is 9.81. The number of fused-ring (bicyclic) bond motifs is 1. The number of aromatic nitrogens is 4. The molecule has 0 radical (unpaired) electrons. The van der Waals surface area contributed by atoms with Crippen LogP contribution in [0.4, 0.5) is 22.0 Å². The van der Waals surface area contributed by atoms with Crippen LogP contribution in [0.25, 0.3) is 5.65 Å². The number of nitrogens with one attached hydrogen (secondary N) is 2. The van der Waals surface area contributed by atoms with E-state index in [9.17, 15) is 31.5 Å². The van der Waals surface area contributed by atoms with Gasteiger partial charge in [0.25, 0.3) is 5.91 Å². The largest absolute Gasteiger partial charge is 0.389 e. The molecule has 2 saturated carbocycles. The molecule has 43 heavy (non-hydrogen) atoms. The molecule has 232 valence electrons. The number of nitrogens with zero attached hydrogens (tertiary/aromatic N) is 4. The molecule has 3 aromatic heterocycles. The molecule has 0 bridgehead atoms. The van der Waals surface area contributed by atoms with E-state index in [1.54, 1.807) is 24.5 Å². The summed E-state index contributed by atoms with van der Waals surface area (Å²) in [5.41, 5.74) is 2.42. The number of amides is 2. The Balaban J connectivity index is 1.39. The highest BCUT2D eigenvalue weighted by Gasteiger charge is 2.40. The highest BCUT2D eigenvalue weighted by atomic mass is 19.4. The van der Waals surface area contributed by atoms with Crippen LogP contribution in [0.2, 0.25) is 0 Å². The van der Waals surface area contributed by atoms with Crippen molar-refractivity contribution < 1.29 is 36.3 Å². The first-order valence-corrected chi connectivity index (χ1v) is 14.2. The zero-order valence-electron chi connectivity index (χ0n) is 23.5. The smallest absolute Gasteiger partial charge is 0.380 e. The van der Waals surface area contributed by atoms with Gasteiger partial charge in [0.1, 0.15) is 0 Å². The quantitative estimate of drug-likeness (QED) is 0.279. The number of hydrogen-bond acceptors (Lipinski definition) is 6. The van der Waals surface area contributed by atoms with Gasteiger partial charge in [0.05, 0.1) is 48.8 Å². The molecule has 3 aromatic rings. The molecule has 9 nitrogen and oxygen atoms in total. The molecule has 2 N–H and O–H groups in total. The highest BCUT2D eigenvalue weighted by Crippen LogP contribution is 2.43. The second-order valence-electron chi connectivity index (χ2n) is 11.4. The third-order valence-electron chi connectivity index (χ3n) is 7.97. The Bertz CT molecular complexity index is 1450. The highest BCUT2D eigenvalue weighted by molar-refractivity contribution is 5.94. The van der Waals surface area contributed by atoms with Gasteiger partial charge >= 0.3 is 6.18 Å². The Morgan fingerprint density at radius 2 is 1.77 bits per heavy atom. The van der Waals surface area contributed by atoms with Gasteiger partial charge in [0.2, 0.25) is 11.8 Å². The molecule has 5 rings (SSSR count). The summed E-state index contributed by atoms with van der Waals surface area (Å²) in [6, 6.07) is 2.15. The maximum absolute atomic E-state index is 14.0. The van der Waals surface area contributed by atoms with Crippen LogP contribution < -0.4 is 10.6 Å². The van der Waals surface area contributed by atoms with Crippen molar-refractivity contribution in [2.24, 2.45) is 11.8 Å². The molecule has 0 aliphatic heterocycles.